The van der Waals surface area contributed by atoms with Crippen molar-refractivity contribution >= 4 is 24.7 Å². The Bertz CT molecular complexity index is 742. The molecule has 29 heavy (non-hydrogen) atoms. The maximum absolute atomic E-state index is 11.3. The van der Waals surface area contributed by atoms with Crippen LogP contribution in [0.15, 0.2) is 72.8 Å². The number of aliphatic hydroxyl groups is 1. The highest BCUT2D eigenvalue weighted by atomic mass is 28.4. The van der Waals surface area contributed by atoms with E-state index in [2.05, 4.69) is 74.0 Å². The normalized spacial score (nSPS) is 13.4. The first kappa shape index (κ1) is 23.1. The number of hydrogen-bond acceptors (Lipinski definition) is 4. The minimum absolute atomic E-state index is 0.0551. The maximum Gasteiger partial charge on any atom is 0.335 e. The summed E-state index contributed by atoms with van der Waals surface area (Å²) in [5.74, 6) is -0.613. The van der Waals surface area contributed by atoms with Crippen molar-refractivity contribution in [1.82, 2.24) is 0 Å². The predicted molar refractivity (Wildman–Crippen MR) is 120 cm³/mol. The molecule has 2 aromatic carbocycles. The highest BCUT2D eigenvalue weighted by Crippen LogP contribution is 2.36. The van der Waals surface area contributed by atoms with Crippen molar-refractivity contribution in [2.75, 3.05) is 13.7 Å². The summed E-state index contributed by atoms with van der Waals surface area (Å²) >= 11 is 0. The number of carbonyl (C=O) groups excluding carboxylic acids is 1. The van der Waals surface area contributed by atoms with E-state index in [4.69, 9.17) is 4.43 Å². The zero-order valence-electron chi connectivity index (χ0n) is 17.8. The molecule has 0 fully saturated rings. The second-order valence-corrected chi connectivity index (χ2v) is 12.4. The second kappa shape index (κ2) is 10.5. The molecule has 1 N–H and O–H groups in total. The van der Waals surface area contributed by atoms with Crippen molar-refractivity contribution in [1.29, 1.82) is 0 Å². The molecular weight excluding hydrogens is 380 g/mol. The number of ether oxygens (including phenoxy) is 1. The molecule has 0 spiro atoms. The molecule has 0 amide bonds. The van der Waals surface area contributed by atoms with Gasteiger partial charge >= 0.3 is 5.97 Å². The fourth-order valence-corrected chi connectivity index (χ4v) is 8.20. The van der Waals surface area contributed by atoms with Crippen LogP contribution in [0.3, 0.4) is 0 Å². The third-order valence-corrected chi connectivity index (χ3v) is 10.1. The first-order valence-corrected chi connectivity index (χ1v) is 11.9. The van der Waals surface area contributed by atoms with E-state index in [9.17, 15) is 9.90 Å². The van der Waals surface area contributed by atoms with Crippen molar-refractivity contribution < 1.29 is 19.1 Å². The molecule has 0 aromatic heterocycles. The summed E-state index contributed by atoms with van der Waals surface area (Å²) in [7, 11) is -1.24. The molecule has 0 radical (unpaired) electrons. The van der Waals surface area contributed by atoms with Gasteiger partial charge in [0, 0.05) is 13.0 Å². The molecule has 0 aliphatic rings. The van der Waals surface area contributed by atoms with Gasteiger partial charge in [-0.3, -0.25) is 0 Å². The molecule has 1 unspecified atom stereocenters. The molecule has 1 atom stereocenters. The lowest BCUT2D eigenvalue weighted by Gasteiger charge is -2.43. The van der Waals surface area contributed by atoms with Gasteiger partial charge in [0.2, 0.25) is 0 Å². The number of methoxy groups -OCH3 is 1. The number of hydrogen-bond donors (Lipinski definition) is 1. The lowest BCUT2D eigenvalue weighted by Crippen LogP contribution is -2.66. The van der Waals surface area contributed by atoms with Crippen molar-refractivity contribution in [3.8, 4) is 0 Å². The second-order valence-electron chi connectivity index (χ2n) is 8.05. The van der Waals surface area contributed by atoms with E-state index in [1.165, 1.54) is 17.5 Å². The van der Waals surface area contributed by atoms with Crippen LogP contribution in [0.4, 0.5) is 0 Å². The summed E-state index contributed by atoms with van der Waals surface area (Å²) < 4.78 is 11.3. The predicted octanol–water partition coefficient (Wildman–Crippen LogP) is 3.43. The highest BCUT2D eigenvalue weighted by Gasteiger charge is 2.49. The van der Waals surface area contributed by atoms with E-state index < -0.39 is 20.4 Å². The van der Waals surface area contributed by atoms with Crippen molar-refractivity contribution in [3.05, 3.63) is 72.8 Å². The maximum atomic E-state index is 11.3. The van der Waals surface area contributed by atoms with Gasteiger partial charge in [-0.05, 0) is 21.8 Å². The third kappa shape index (κ3) is 5.66. The zero-order valence-corrected chi connectivity index (χ0v) is 18.8. The van der Waals surface area contributed by atoms with Crippen LogP contribution < -0.4 is 10.4 Å². The van der Waals surface area contributed by atoms with Crippen molar-refractivity contribution in [3.63, 3.8) is 0 Å². The summed E-state index contributed by atoms with van der Waals surface area (Å²) in [5.41, 5.74) is 0. The lowest BCUT2D eigenvalue weighted by molar-refractivity contribution is -0.150. The Morgan fingerprint density at radius 3 is 1.97 bits per heavy atom. The summed E-state index contributed by atoms with van der Waals surface area (Å²) in [6.45, 7) is 7.32. The molecule has 0 saturated heterocycles. The highest BCUT2D eigenvalue weighted by molar-refractivity contribution is 6.99. The molecule has 2 aromatic rings. The Morgan fingerprint density at radius 1 is 1.00 bits per heavy atom. The first-order chi connectivity index (χ1) is 13.8. The summed E-state index contributed by atoms with van der Waals surface area (Å²) in [6, 6.07) is 21.1. The minimum Gasteiger partial charge on any atom is -0.467 e. The van der Waals surface area contributed by atoms with Crippen LogP contribution in [-0.4, -0.2) is 39.2 Å². The monoisotopic (exact) mass is 412 g/mol. The number of aliphatic hydroxyl groups excluding tert-OH is 1. The van der Waals surface area contributed by atoms with Gasteiger partial charge in [-0.1, -0.05) is 93.6 Å². The van der Waals surface area contributed by atoms with Gasteiger partial charge in [0.25, 0.3) is 8.32 Å². The first-order valence-electron chi connectivity index (χ1n) is 9.99. The van der Waals surface area contributed by atoms with Crippen LogP contribution in [0.2, 0.25) is 5.04 Å². The lowest BCUT2D eigenvalue weighted by atomic mass is 10.2. The van der Waals surface area contributed by atoms with Gasteiger partial charge in [0.1, 0.15) is 0 Å². The van der Waals surface area contributed by atoms with Gasteiger partial charge in [-0.25, -0.2) is 4.79 Å². The van der Waals surface area contributed by atoms with Crippen LogP contribution in [-0.2, 0) is 14.0 Å². The van der Waals surface area contributed by atoms with E-state index in [-0.39, 0.29) is 11.5 Å². The van der Waals surface area contributed by atoms with Crippen LogP contribution in [0.5, 0.6) is 0 Å². The summed E-state index contributed by atoms with van der Waals surface area (Å²) in [4.78, 5) is 11.3. The van der Waals surface area contributed by atoms with E-state index in [0.717, 1.165) is 0 Å². The smallest absolute Gasteiger partial charge is 0.335 e. The Morgan fingerprint density at radius 2 is 1.52 bits per heavy atom. The molecule has 0 heterocycles. The summed E-state index contributed by atoms with van der Waals surface area (Å²) in [5, 5.41) is 12.1. The van der Waals surface area contributed by atoms with Crippen molar-refractivity contribution in [2.45, 2.75) is 44.8 Å². The number of esters is 1. The van der Waals surface area contributed by atoms with Crippen LogP contribution in [0.1, 0.15) is 33.6 Å². The van der Waals surface area contributed by atoms with Gasteiger partial charge < -0.3 is 14.3 Å². The topological polar surface area (TPSA) is 55.8 Å². The minimum atomic E-state index is -2.51. The van der Waals surface area contributed by atoms with Crippen LogP contribution in [0, 0.1) is 0 Å². The molecule has 156 valence electrons. The average molecular weight is 413 g/mol. The number of rotatable bonds is 9. The molecule has 0 aliphatic heterocycles. The van der Waals surface area contributed by atoms with E-state index in [1.54, 1.807) is 6.08 Å². The standard InChI is InChI=1S/C24H32O4Si/c1-24(2,3)29(20-14-8-5-9-15-20,21-16-10-6-11-17-21)28-19-13-7-12-18-22(25)23(26)27-4/h5-12,14-17,22,25H,13,18-19H2,1-4H3/b12-7+. The van der Waals surface area contributed by atoms with Gasteiger partial charge in [0.05, 0.1) is 7.11 Å². The Kier molecular flexibility index (Phi) is 8.38. The van der Waals surface area contributed by atoms with Gasteiger partial charge in [-0.2, -0.15) is 0 Å². The zero-order chi connectivity index (χ0) is 21.3. The molecule has 5 heteroatoms. The molecule has 2 rings (SSSR count). The largest absolute Gasteiger partial charge is 0.467 e. The average Bonchev–Trinajstić information content (AvgIpc) is 2.73. The van der Waals surface area contributed by atoms with Crippen molar-refractivity contribution in [2.24, 2.45) is 0 Å². The molecular formula is C24H32O4Si. The number of carbonyl (C=O) groups is 1. The fraction of sp³-hybridized carbons (Fsp3) is 0.375. The van der Waals surface area contributed by atoms with Crippen LogP contribution in [0.25, 0.3) is 0 Å². The summed E-state index contributed by atoms with van der Waals surface area (Å²) in [6.07, 6.45) is 3.58. The third-order valence-electron chi connectivity index (χ3n) is 5.02. The molecule has 0 saturated carbocycles. The molecule has 0 aliphatic carbocycles. The van der Waals surface area contributed by atoms with Gasteiger partial charge in [-0.15, -0.1) is 0 Å². The Hall–Kier alpha value is -2.21. The quantitative estimate of drug-likeness (QED) is 0.297. The molecule has 0 bridgehead atoms. The Labute approximate surface area is 175 Å². The SMILES string of the molecule is COC(=O)C(O)C/C=C/CCO[Si](c1ccccc1)(c1ccccc1)C(C)(C)C. The van der Waals surface area contributed by atoms with E-state index in [0.29, 0.717) is 13.0 Å². The Balaban J connectivity index is 2.20. The number of benzene rings is 2. The molecule has 4 nitrogen and oxygen atoms in total. The van der Waals surface area contributed by atoms with E-state index >= 15 is 0 Å². The van der Waals surface area contributed by atoms with E-state index in [1.807, 2.05) is 18.2 Å². The van der Waals surface area contributed by atoms with Crippen LogP contribution >= 0.6 is 0 Å². The fourth-order valence-electron chi connectivity index (χ4n) is 3.62. The van der Waals surface area contributed by atoms with Gasteiger partial charge in [0.15, 0.2) is 6.10 Å².